The van der Waals surface area contributed by atoms with E-state index in [1.807, 2.05) is 0 Å². The van der Waals surface area contributed by atoms with Gasteiger partial charge in [-0.2, -0.15) is 13.2 Å². The second-order valence-corrected chi connectivity index (χ2v) is 5.16. The maximum atomic E-state index is 12.4. The van der Waals surface area contributed by atoms with Crippen LogP contribution >= 0.6 is 0 Å². The molecule has 2 atom stereocenters. The number of hydrogen-bond acceptors (Lipinski definition) is 5. The molecule has 0 aromatic carbocycles. The SMILES string of the molecule is NCCCC[C@H](N)C(=O)[N+]1(OC(=O)C(F)(F)F)CC=CCC1. The number of quaternary nitrogens is 1. The van der Waals surface area contributed by atoms with Crippen LogP contribution in [0.5, 0.6) is 0 Å². The van der Waals surface area contributed by atoms with Gasteiger partial charge in [0.1, 0.15) is 19.1 Å². The van der Waals surface area contributed by atoms with Crippen LogP contribution in [0.15, 0.2) is 12.2 Å². The zero-order chi connectivity index (χ0) is 16.8. The molecule has 1 amide bonds. The van der Waals surface area contributed by atoms with Crippen molar-refractivity contribution >= 4 is 11.9 Å². The summed E-state index contributed by atoms with van der Waals surface area (Å²) >= 11 is 0. The van der Waals surface area contributed by atoms with Gasteiger partial charge in [-0.3, -0.25) is 4.84 Å². The van der Waals surface area contributed by atoms with Crippen molar-refractivity contribution < 1.29 is 32.2 Å². The molecule has 1 aliphatic rings. The molecule has 9 heteroatoms. The predicted octanol–water partition coefficient (Wildman–Crippen LogP) is 0.767. The largest absolute Gasteiger partial charge is 0.497 e. The van der Waals surface area contributed by atoms with Gasteiger partial charge in [-0.25, -0.2) is 9.59 Å². The molecule has 0 fully saturated rings. The van der Waals surface area contributed by atoms with Gasteiger partial charge in [-0.05, 0) is 31.9 Å². The molecule has 6 nitrogen and oxygen atoms in total. The van der Waals surface area contributed by atoms with Gasteiger partial charge >= 0.3 is 18.1 Å². The van der Waals surface area contributed by atoms with Crippen LogP contribution in [0.2, 0.25) is 0 Å². The highest BCUT2D eigenvalue weighted by atomic mass is 19.4. The maximum Gasteiger partial charge on any atom is 0.497 e. The Morgan fingerprint density at radius 3 is 2.45 bits per heavy atom. The lowest BCUT2D eigenvalue weighted by atomic mass is 10.1. The molecule has 0 aromatic rings. The van der Waals surface area contributed by atoms with E-state index in [0.29, 0.717) is 25.8 Å². The highest BCUT2D eigenvalue weighted by Gasteiger charge is 2.52. The van der Waals surface area contributed by atoms with Crippen molar-refractivity contribution in [3.05, 3.63) is 12.2 Å². The van der Waals surface area contributed by atoms with E-state index in [2.05, 4.69) is 4.84 Å². The van der Waals surface area contributed by atoms with Crippen LogP contribution in [0.4, 0.5) is 13.2 Å². The summed E-state index contributed by atoms with van der Waals surface area (Å²) < 4.78 is 36.2. The van der Waals surface area contributed by atoms with Gasteiger partial charge in [0.2, 0.25) is 0 Å². The van der Waals surface area contributed by atoms with Crippen LogP contribution in [0.25, 0.3) is 0 Å². The number of hydroxylamine groups is 3. The van der Waals surface area contributed by atoms with Gasteiger partial charge < -0.3 is 11.5 Å². The minimum absolute atomic E-state index is 0.0538. The molecular weight excluding hydrogens is 303 g/mol. The van der Waals surface area contributed by atoms with E-state index in [1.54, 1.807) is 6.08 Å². The third-order valence-corrected chi connectivity index (χ3v) is 3.40. The molecule has 1 rings (SSSR count). The second kappa shape index (κ2) is 7.70. The highest BCUT2D eigenvalue weighted by Crippen LogP contribution is 2.24. The van der Waals surface area contributed by atoms with Crippen LogP contribution in [-0.2, 0) is 14.4 Å². The number of carbonyl (C=O) groups excluding carboxylic acids is 2. The van der Waals surface area contributed by atoms with Gasteiger partial charge in [0.25, 0.3) is 0 Å². The highest BCUT2D eigenvalue weighted by molar-refractivity contribution is 5.78. The summed E-state index contributed by atoms with van der Waals surface area (Å²) in [6, 6.07) is -1.00. The summed E-state index contributed by atoms with van der Waals surface area (Å²) in [5.74, 6) is -3.11. The minimum atomic E-state index is -5.16. The molecule has 0 bridgehead atoms. The number of amides is 1. The lowest BCUT2D eigenvalue weighted by Gasteiger charge is -2.34. The van der Waals surface area contributed by atoms with Crippen molar-refractivity contribution in [2.75, 3.05) is 19.6 Å². The summed E-state index contributed by atoms with van der Waals surface area (Å²) in [5, 5.41) is 0. The fourth-order valence-electron chi connectivity index (χ4n) is 2.21. The molecule has 0 aliphatic carbocycles. The molecule has 1 heterocycles. The third-order valence-electron chi connectivity index (χ3n) is 3.40. The van der Waals surface area contributed by atoms with Crippen LogP contribution in [-0.4, -0.2) is 48.4 Å². The molecule has 0 saturated carbocycles. The standard InChI is InChI=1S/C13H21F3N3O3/c14-13(15,16)12(21)22-19(8-4-1-5-9-19)11(20)10(18)6-2-3-7-17/h1,4,10H,2-3,5-9,17-18H2/q+1/t10-,19?/m0/s1. The van der Waals surface area contributed by atoms with Gasteiger partial charge in [0, 0.05) is 6.42 Å². The Balaban J connectivity index is 2.85. The van der Waals surface area contributed by atoms with Gasteiger partial charge in [0.05, 0.1) is 0 Å². The lowest BCUT2D eigenvalue weighted by Crippen LogP contribution is -2.61. The third kappa shape index (κ3) is 4.79. The Kier molecular flexibility index (Phi) is 6.51. The number of halogens is 3. The topological polar surface area (TPSA) is 95.4 Å². The number of hydrogen-bond donors (Lipinski definition) is 2. The predicted molar refractivity (Wildman–Crippen MR) is 71.8 cm³/mol. The first-order valence-corrected chi connectivity index (χ1v) is 7.06. The van der Waals surface area contributed by atoms with Crippen molar-refractivity contribution in [2.24, 2.45) is 11.5 Å². The summed E-state index contributed by atoms with van der Waals surface area (Å²) in [5.41, 5.74) is 11.1. The Bertz CT molecular complexity index is 440. The average Bonchev–Trinajstić information content (AvgIpc) is 2.46. The number of alkyl halides is 3. The summed E-state index contributed by atoms with van der Waals surface area (Å²) in [6.07, 6.45) is -0.0927. The first kappa shape index (κ1) is 18.6. The van der Waals surface area contributed by atoms with Crippen molar-refractivity contribution in [2.45, 2.75) is 37.9 Å². The van der Waals surface area contributed by atoms with Crippen LogP contribution in [0.3, 0.4) is 0 Å². The fourth-order valence-corrected chi connectivity index (χ4v) is 2.21. The van der Waals surface area contributed by atoms with Crippen LogP contribution in [0, 0.1) is 0 Å². The number of unbranched alkanes of at least 4 members (excludes halogenated alkanes) is 1. The minimum Gasteiger partial charge on any atom is -0.330 e. The molecule has 0 saturated heterocycles. The molecule has 0 aromatic heterocycles. The zero-order valence-electron chi connectivity index (χ0n) is 12.1. The van der Waals surface area contributed by atoms with E-state index < -0.39 is 28.7 Å². The van der Waals surface area contributed by atoms with E-state index in [0.717, 1.165) is 0 Å². The summed E-state index contributed by atoms with van der Waals surface area (Å²) in [7, 11) is 0. The van der Waals surface area contributed by atoms with Gasteiger partial charge in [-0.1, -0.05) is 10.7 Å². The molecule has 0 spiro atoms. The van der Waals surface area contributed by atoms with E-state index in [-0.39, 0.29) is 19.5 Å². The van der Waals surface area contributed by atoms with Gasteiger partial charge in [-0.15, -0.1) is 0 Å². The first-order chi connectivity index (χ1) is 10.2. The average molecular weight is 324 g/mol. The fraction of sp³-hybridized carbons (Fsp3) is 0.692. The smallest absolute Gasteiger partial charge is 0.330 e. The molecule has 1 unspecified atom stereocenters. The van der Waals surface area contributed by atoms with Crippen molar-refractivity contribution in [1.82, 2.24) is 0 Å². The maximum absolute atomic E-state index is 12.4. The van der Waals surface area contributed by atoms with E-state index in [4.69, 9.17) is 11.5 Å². The van der Waals surface area contributed by atoms with Crippen molar-refractivity contribution in [3.8, 4) is 0 Å². The van der Waals surface area contributed by atoms with Crippen molar-refractivity contribution in [1.29, 1.82) is 0 Å². The molecule has 1 aliphatic heterocycles. The van der Waals surface area contributed by atoms with Crippen LogP contribution in [0.1, 0.15) is 25.7 Å². The number of nitrogens with zero attached hydrogens (tertiary/aromatic N) is 1. The lowest BCUT2D eigenvalue weighted by molar-refractivity contribution is -1.02. The molecular formula is C13H21F3N3O3+. The first-order valence-electron chi connectivity index (χ1n) is 7.06. The quantitative estimate of drug-likeness (QED) is 0.442. The number of rotatable bonds is 5. The summed E-state index contributed by atoms with van der Waals surface area (Å²) in [6.45, 7) is 0.236. The Labute approximate surface area is 126 Å². The zero-order valence-corrected chi connectivity index (χ0v) is 12.1. The van der Waals surface area contributed by atoms with Crippen LogP contribution < -0.4 is 11.5 Å². The molecule has 126 valence electrons. The Morgan fingerprint density at radius 2 is 1.95 bits per heavy atom. The second-order valence-electron chi connectivity index (χ2n) is 5.16. The number of carbonyl (C=O) groups is 2. The Morgan fingerprint density at radius 1 is 1.27 bits per heavy atom. The molecule has 22 heavy (non-hydrogen) atoms. The monoisotopic (exact) mass is 324 g/mol. The van der Waals surface area contributed by atoms with E-state index >= 15 is 0 Å². The summed E-state index contributed by atoms with van der Waals surface area (Å²) in [4.78, 5) is 28.0. The number of nitrogens with two attached hydrogens (primary N) is 2. The molecule has 0 radical (unpaired) electrons. The molecule has 4 N–H and O–H groups in total. The van der Waals surface area contributed by atoms with Gasteiger partial charge in [0.15, 0.2) is 0 Å². The van der Waals surface area contributed by atoms with E-state index in [9.17, 15) is 22.8 Å². The van der Waals surface area contributed by atoms with E-state index in [1.165, 1.54) is 6.08 Å². The normalized spacial score (nSPS) is 23.1. The Hall–Kier alpha value is -1.45. The van der Waals surface area contributed by atoms with Crippen molar-refractivity contribution in [3.63, 3.8) is 0 Å².